The zero-order valence-electron chi connectivity index (χ0n) is 13.9. The largest absolute Gasteiger partial charge is 0.293 e. The molecule has 122 valence electrons. The Labute approximate surface area is 140 Å². The number of carbonyl (C=O) groups is 1. The first-order valence-corrected chi connectivity index (χ1v) is 9.00. The van der Waals surface area contributed by atoms with Crippen molar-refractivity contribution in [1.82, 2.24) is 20.2 Å². The van der Waals surface area contributed by atoms with Crippen molar-refractivity contribution in [3.05, 3.63) is 34.9 Å². The number of hydrogen-bond acceptors (Lipinski definition) is 5. The molecule has 1 aliphatic carbocycles. The van der Waals surface area contributed by atoms with Gasteiger partial charge in [0.15, 0.2) is 5.78 Å². The van der Waals surface area contributed by atoms with Crippen LogP contribution in [0.2, 0.25) is 0 Å². The van der Waals surface area contributed by atoms with Crippen molar-refractivity contribution in [2.75, 3.05) is 5.75 Å². The lowest BCUT2D eigenvalue weighted by Gasteiger charge is -2.19. The molecule has 0 radical (unpaired) electrons. The predicted octanol–water partition coefficient (Wildman–Crippen LogP) is 3.28. The van der Waals surface area contributed by atoms with Crippen LogP contribution in [0.5, 0.6) is 0 Å². The maximum absolute atomic E-state index is 12.5. The van der Waals surface area contributed by atoms with E-state index in [1.165, 1.54) is 35.7 Å². The number of rotatable bonds is 4. The molecule has 6 heteroatoms. The minimum absolute atomic E-state index is 0.131. The topological polar surface area (TPSA) is 60.7 Å². The third-order valence-electron chi connectivity index (χ3n) is 4.08. The Morgan fingerprint density at radius 1 is 1.22 bits per heavy atom. The first-order chi connectivity index (χ1) is 10.9. The summed E-state index contributed by atoms with van der Waals surface area (Å²) in [4.78, 5) is 12.5. The van der Waals surface area contributed by atoms with Gasteiger partial charge in [-0.15, -0.1) is 5.10 Å². The van der Waals surface area contributed by atoms with Crippen molar-refractivity contribution in [2.45, 2.75) is 57.1 Å². The maximum Gasteiger partial charge on any atom is 0.210 e. The number of aromatic nitrogens is 4. The molecule has 0 saturated heterocycles. The number of aryl methyl sites for hydroxylation is 2. The highest BCUT2D eigenvalue weighted by molar-refractivity contribution is 7.99. The first kappa shape index (κ1) is 16.2. The molecule has 1 heterocycles. The standard InChI is InChI=1S/C17H22N4OS/c1-17(2,3)21-16(18-19-20-21)23-11-15(22)14-9-8-12-6-4-5-7-13(12)10-14/h8-10H,4-7,11H2,1-3H3. The fourth-order valence-electron chi connectivity index (χ4n) is 2.81. The second-order valence-electron chi connectivity index (χ2n) is 6.95. The van der Waals surface area contributed by atoms with E-state index in [4.69, 9.17) is 0 Å². The van der Waals surface area contributed by atoms with Crippen LogP contribution < -0.4 is 0 Å². The van der Waals surface area contributed by atoms with Gasteiger partial charge in [0.2, 0.25) is 5.16 Å². The molecular weight excluding hydrogens is 308 g/mol. The van der Waals surface area contributed by atoms with Gasteiger partial charge in [0.05, 0.1) is 11.3 Å². The maximum atomic E-state index is 12.5. The molecular formula is C17H22N4OS. The fourth-order valence-corrected chi connectivity index (χ4v) is 3.76. The number of tetrazole rings is 1. The van der Waals surface area contributed by atoms with E-state index in [9.17, 15) is 4.79 Å². The minimum atomic E-state index is -0.194. The number of thioether (sulfide) groups is 1. The lowest BCUT2D eigenvalue weighted by Crippen LogP contribution is -2.24. The smallest absolute Gasteiger partial charge is 0.210 e. The SMILES string of the molecule is CC(C)(C)n1nnnc1SCC(=O)c1ccc2c(c1)CCCC2. The summed E-state index contributed by atoms with van der Waals surface area (Å²) in [5, 5.41) is 12.5. The van der Waals surface area contributed by atoms with Crippen LogP contribution in [-0.2, 0) is 18.4 Å². The van der Waals surface area contributed by atoms with Gasteiger partial charge in [0, 0.05) is 5.56 Å². The second kappa shape index (κ2) is 6.43. The van der Waals surface area contributed by atoms with Crippen molar-refractivity contribution in [1.29, 1.82) is 0 Å². The van der Waals surface area contributed by atoms with Gasteiger partial charge in [-0.2, -0.15) is 0 Å². The van der Waals surface area contributed by atoms with Crippen LogP contribution in [0.25, 0.3) is 0 Å². The highest BCUT2D eigenvalue weighted by Crippen LogP contribution is 2.25. The van der Waals surface area contributed by atoms with Gasteiger partial charge in [-0.25, -0.2) is 4.68 Å². The van der Waals surface area contributed by atoms with Gasteiger partial charge in [0.1, 0.15) is 0 Å². The number of Topliss-reactive ketones (excluding diaryl/α,β-unsaturated/α-hetero) is 1. The van der Waals surface area contributed by atoms with Crippen LogP contribution in [0, 0.1) is 0 Å². The molecule has 0 amide bonds. The monoisotopic (exact) mass is 330 g/mol. The zero-order valence-corrected chi connectivity index (χ0v) is 14.7. The van der Waals surface area contributed by atoms with Crippen LogP contribution in [0.3, 0.4) is 0 Å². The Morgan fingerprint density at radius 2 is 1.96 bits per heavy atom. The molecule has 0 saturated carbocycles. The Morgan fingerprint density at radius 3 is 2.70 bits per heavy atom. The van der Waals surface area contributed by atoms with Crippen molar-refractivity contribution in [3.63, 3.8) is 0 Å². The molecule has 5 nitrogen and oxygen atoms in total. The number of benzene rings is 1. The molecule has 3 rings (SSSR count). The average molecular weight is 330 g/mol. The quantitative estimate of drug-likeness (QED) is 0.636. The van der Waals surface area contributed by atoms with Crippen LogP contribution in [0.1, 0.15) is 55.1 Å². The van der Waals surface area contributed by atoms with Crippen LogP contribution in [-0.4, -0.2) is 31.7 Å². The molecule has 0 N–H and O–H groups in total. The van der Waals surface area contributed by atoms with E-state index in [1.54, 1.807) is 4.68 Å². The molecule has 0 unspecified atom stereocenters. The zero-order chi connectivity index (χ0) is 16.4. The summed E-state index contributed by atoms with van der Waals surface area (Å²) in [6.45, 7) is 6.12. The number of fused-ring (bicyclic) bond motifs is 1. The highest BCUT2D eigenvalue weighted by atomic mass is 32.2. The molecule has 0 atom stereocenters. The van der Waals surface area contributed by atoms with Gasteiger partial charge in [-0.3, -0.25) is 4.79 Å². The summed E-state index contributed by atoms with van der Waals surface area (Å²) < 4.78 is 1.76. The molecule has 0 fully saturated rings. The number of ketones is 1. The molecule has 1 aromatic heterocycles. The van der Waals surface area contributed by atoms with Crippen molar-refractivity contribution in [3.8, 4) is 0 Å². The molecule has 0 aliphatic heterocycles. The Hall–Kier alpha value is -1.69. The second-order valence-corrected chi connectivity index (χ2v) is 7.89. The molecule has 1 aromatic carbocycles. The first-order valence-electron chi connectivity index (χ1n) is 8.02. The lowest BCUT2D eigenvalue weighted by atomic mass is 9.90. The van der Waals surface area contributed by atoms with Gasteiger partial charge in [-0.1, -0.05) is 23.9 Å². The third kappa shape index (κ3) is 3.63. The Bertz CT molecular complexity index is 718. The molecule has 23 heavy (non-hydrogen) atoms. The average Bonchev–Trinajstić information content (AvgIpc) is 3.01. The van der Waals surface area contributed by atoms with Crippen LogP contribution >= 0.6 is 11.8 Å². The predicted molar refractivity (Wildman–Crippen MR) is 91.0 cm³/mol. The number of nitrogens with zero attached hydrogens (tertiary/aromatic N) is 4. The Kier molecular flexibility index (Phi) is 4.53. The van der Waals surface area contributed by atoms with E-state index < -0.39 is 0 Å². The van der Waals surface area contributed by atoms with Crippen molar-refractivity contribution in [2.24, 2.45) is 0 Å². The van der Waals surface area contributed by atoms with E-state index in [-0.39, 0.29) is 11.3 Å². The summed E-state index contributed by atoms with van der Waals surface area (Å²) >= 11 is 1.40. The van der Waals surface area contributed by atoms with Gasteiger partial charge in [-0.05, 0) is 74.1 Å². The molecule has 1 aliphatic rings. The van der Waals surface area contributed by atoms with E-state index in [2.05, 4.69) is 27.7 Å². The van der Waals surface area contributed by atoms with Gasteiger partial charge < -0.3 is 0 Å². The molecule has 0 bridgehead atoms. The van der Waals surface area contributed by atoms with Crippen molar-refractivity contribution < 1.29 is 4.79 Å². The van der Waals surface area contributed by atoms with E-state index in [1.807, 2.05) is 26.8 Å². The van der Waals surface area contributed by atoms with Gasteiger partial charge in [0.25, 0.3) is 0 Å². The fraction of sp³-hybridized carbons (Fsp3) is 0.529. The molecule has 0 spiro atoms. The van der Waals surface area contributed by atoms with E-state index in [0.717, 1.165) is 18.4 Å². The number of carbonyl (C=O) groups excluding carboxylic acids is 1. The minimum Gasteiger partial charge on any atom is -0.293 e. The van der Waals surface area contributed by atoms with Crippen molar-refractivity contribution >= 4 is 17.5 Å². The summed E-state index contributed by atoms with van der Waals surface area (Å²) in [7, 11) is 0. The third-order valence-corrected chi connectivity index (χ3v) is 5.00. The van der Waals surface area contributed by atoms with Crippen LogP contribution in [0.15, 0.2) is 23.4 Å². The van der Waals surface area contributed by atoms with Gasteiger partial charge >= 0.3 is 0 Å². The van der Waals surface area contributed by atoms with Crippen LogP contribution in [0.4, 0.5) is 0 Å². The van der Waals surface area contributed by atoms with E-state index in [0.29, 0.717) is 10.9 Å². The highest BCUT2D eigenvalue weighted by Gasteiger charge is 2.21. The summed E-state index contributed by atoms with van der Waals surface area (Å²) in [5.74, 6) is 0.488. The summed E-state index contributed by atoms with van der Waals surface area (Å²) in [5.41, 5.74) is 3.34. The number of hydrogen-bond donors (Lipinski definition) is 0. The summed E-state index contributed by atoms with van der Waals surface area (Å²) in [6, 6.07) is 6.15. The Balaban J connectivity index is 1.70. The lowest BCUT2D eigenvalue weighted by molar-refractivity contribution is 0.102. The normalized spacial score (nSPS) is 14.6. The van der Waals surface area contributed by atoms with E-state index >= 15 is 0 Å². The summed E-state index contributed by atoms with van der Waals surface area (Å²) in [6.07, 6.45) is 4.70. The molecule has 2 aromatic rings.